The van der Waals surface area contributed by atoms with Crippen LogP contribution in [0.25, 0.3) is 11.0 Å². The van der Waals surface area contributed by atoms with E-state index >= 15 is 0 Å². The van der Waals surface area contributed by atoms with E-state index in [4.69, 9.17) is 5.73 Å². The minimum atomic E-state index is -1.00. The summed E-state index contributed by atoms with van der Waals surface area (Å²) in [4.78, 5) is 7.03. The molecular formula is C10H12FN3. The Morgan fingerprint density at radius 2 is 2.43 bits per heavy atom. The minimum absolute atomic E-state index is 0.349. The third-order valence-corrected chi connectivity index (χ3v) is 2.24. The summed E-state index contributed by atoms with van der Waals surface area (Å²) in [6.45, 7) is 0.355. The number of nitrogens with two attached hydrogens (primary N) is 1. The Kier molecular flexibility index (Phi) is 2.45. The number of aromatic nitrogens is 2. The van der Waals surface area contributed by atoms with Crippen molar-refractivity contribution >= 4 is 11.0 Å². The highest BCUT2D eigenvalue weighted by Crippen LogP contribution is 2.27. The van der Waals surface area contributed by atoms with Gasteiger partial charge in [-0.25, -0.2) is 9.37 Å². The van der Waals surface area contributed by atoms with Gasteiger partial charge in [-0.05, 0) is 25.1 Å². The number of rotatable bonds is 3. The largest absolute Gasteiger partial charge is 0.346 e. The Morgan fingerprint density at radius 1 is 1.57 bits per heavy atom. The van der Waals surface area contributed by atoms with E-state index in [9.17, 15) is 4.39 Å². The van der Waals surface area contributed by atoms with Crippen LogP contribution in [0.4, 0.5) is 4.39 Å². The zero-order chi connectivity index (χ0) is 9.97. The number of alkyl halides is 1. The van der Waals surface area contributed by atoms with Gasteiger partial charge in [0.2, 0.25) is 0 Å². The first-order chi connectivity index (χ1) is 6.83. The topological polar surface area (TPSA) is 54.7 Å². The number of hydrogen-bond acceptors (Lipinski definition) is 2. The van der Waals surface area contributed by atoms with E-state index in [2.05, 4.69) is 9.97 Å². The lowest BCUT2D eigenvalue weighted by Gasteiger charge is -2.03. The third-order valence-electron chi connectivity index (χ3n) is 2.24. The third kappa shape index (κ3) is 1.48. The highest BCUT2D eigenvalue weighted by Gasteiger charge is 2.13. The number of aromatic amines is 1. The lowest BCUT2D eigenvalue weighted by Crippen LogP contribution is -2.03. The molecule has 0 aliphatic carbocycles. The molecule has 2 heterocycles. The van der Waals surface area contributed by atoms with Crippen molar-refractivity contribution in [3.63, 3.8) is 0 Å². The Hall–Kier alpha value is -1.42. The maximum absolute atomic E-state index is 13.6. The summed E-state index contributed by atoms with van der Waals surface area (Å²) >= 11 is 0. The Labute approximate surface area is 81.1 Å². The number of H-pyrrole nitrogens is 1. The van der Waals surface area contributed by atoms with Gasteiger partial charge in [0.05, 0.1) is 0 Å². The lowest BCUT2D eigenvalue weighted by atomic mass is 10.1. The molecule has 1 atom stereocenters. The van der Waals surface area contributed by atoms with Gasteiger partial charge < -0.3 is 10.7 Å². The van der Waals surface area contributed by atoms with E-state index < -0.39 is 6.17 Å². The molecule has 0 bridgehead atoms. The van der Waals surface area contributed by atoms with Crippen molar-refractivity contribution in [1.82, 2.24) is 9.97 Å². The summed E-state index contributed by atoms with van der Waals surface area (Å²) in [5, 5.41) is 0.841. The SMILES string of the molecule is NCCC(F)c1c[nH]c2ncccc12. The number of pyridine rings is 1. The number of fused-ring (bicyclic) bond motifs is 1. The first-order valence-electron chi connectivity index (χ1n) is 4.59. The van der Waals surface area contributed by atoms with Crippen LogP contribution in [0, 0.1) is 0 Å². The molecule has 3 N–H and O–H groups in total. The normalized spacial score (nSPS) is 13.3. The molecule has 0 amide bonds. The van der Waals surface area contributed by atoms with Gasteiger partial charge in [-0.15, -0.1) is 0 Å². The number of halogens is 1. The van der Waals surface area contributed by atoms with E-state index in [1.165, 1.54) is 0 Å². The molecule has 2 aromatic heterocycles. The number of nitrogens with one attached hydrogen (secondary N) is 1. The summed E-state index contributed by atoms with van der Waals surface area (Å²) in [5.41, 5.74) is 6.69. The van der Waals surface area contributed by atoms with Gasteiger partial charge in [-0.1, -0.05) is 0 Å². The lowest BCUT2D eigenvalue weighted by molar-refractivity contribution is 0.330. The van der Waals surface area contributed by atoms with Crippen LogP contribution in [0.3, 0.4) is 0 Å². The molecule has 0 aromatic carbocycles. The molecule has 0 radical (unpaired) electrons. The van der Waals surface area contributed by atoms with E-state index in [0.29, 0.717) is 18.5 Å². The molecule has 14 heavy (non-hydrogen) atoms. The average molecular weight is 193 g/mol. The fourth-order valence-corrected chi connectivity index (χ4v) is 1.54. The molecule has 1 unspecified atom stereocenters. The van der Waals surface area contributed by atoms with E-state index in [1.807, 2.05) is 6.07 Å². The molecule has 0 saturated heterocycles. The quantitative estimate of drug-likeness (QED) is 0.782. The smallest absolute Gasteiger partial charge is 0.137 e. The summed E-state index contributed by atoms with van der Waals surface area (Å²) in [7, 11) is 0. The van der Waals surface area contributed by atoms with Crippen molar-refractivity contribution in [3.8, 4) is 0 Å². The first-order valence-corrected chi connectivity index (χ1v) is 4.59. The molecule has 2 rings (SSSR count). The van der Waals surface area contributed by atoms with Crippen LogP contribution in [0.1, 0.15) is 18.2 Å². The van der Waals surface area contributed by atoms with Crippen LogP contribution in [-0.4, -0.2) is 16.5 Å². The molecule has 0 saturated carbocycles. The second-order valence-electron chi connectivity index (χ2n) is 3.19. The van der Waals surface area contributed by atoms with Gasteiger partial charge in [0, 0.05) is 23.3 Å². The van der Waals surface area contributed by atoms with Gasteiger partial charge in [0.25, 0.3) is 0 Å². The van der Waals surface area contributed by atoms with Crippen LogP contribution in [0.2, 0.25) is 0 Å². The van der Waals surface area contributed by atoms with E-state index in [-0.39, 0.29) is 0 Å². The summed E-state index contributed by atoms with van der Waals surface area (Å²) in [6, 6.07) is 3.66. The van der Waals surface area contributed by atoms with E-state index in [0.717, 1.165) is 11.0 Å². The molecule has 0 aliphatic heterocycles. The van der Waals surface area contributed by atoms with Crippen LogP contribution < -0.4 is 5.73 Å². The summed E-state index contributed by atoms with van der Waals surface area (Å²) < 4.78 is 13.6. The van der Waals surface area contributed by atoms with E-state index in [1.54, 1.807) is 18.5 Å². The Morgan fingerprint density at radius 3 is 3.21 bits per heavy atom. The Bertz CT molecular complexity index is 424. The minimum Gasteiger partial charge on any atom is -0.346 e. The highest BCUT2D eigenvalue weighted by atomic mass is 19.1. The van der Waals surface area contributed by atoms with Gasteiger partial charge in [0.1, 0.15) is 11.8 Å². The molecule has 0 fully saturated rings. The fourth-order valence-electron chi connectivity index (χ4n) is 1.54. The molecular weight excluding hydrogens is 181 g/mol. The Balaban J connectivity index is 2.42. The van der Waals surface area contributed by atoms with Gasteiger partial charge >= 0.3 is 0 Å². The van der Waals surface area contributed by atoms with Crippen molar-refractivity contribution < 1.29 is 4.39 Å². The van der Waals surface area contributed by atoms with Gasteiger partial charge in [0.15, 0.2) is 0 Å². The maximum atomic E-state index is 13.6. The number of nitrogens with zero attached hydrogens (tertiary/aromatic N) is 1. The summed E-state index contributed by atoms with van der Waals surface area (Å²) in [6.07, 6.45) is 2.69. The predicted molar refractivity (Wildman–Crippen MR) is 53.6 cm³/mol. The van der Waals surface area contributed by atoms with Crippen LogP contribution >= 0.6 is 0 Å². The molecule has 4 heteroatoms. The van der Waals surface area contributed by atoms with Crippen LogP contribution in [0.5, 0.6) is 0 Å². The van der Waals surface area contributed by atoms with Crippen molar-refractivity contribution in [2.45, 2.75) is 12.6 Å². The van der Waals surface area contributed by atoms with Crippen LogP contribution in [-0.2, 0) is 0 Å². The predicted octanol–water partition coefficient (Wildman–Crippen LogP) is 1.92. The zero-order valence-corrected chi connectivity index (χ0v) is 7.70. The molecule has 3 nitrogen and oxygen atoms in total. The molecule has 0 spiro atoms. The fraction of sp³-hybridized carbons (Fsp3) is 0.300. The second kappa shape index (κ2) is 3.75. The molecule has 2 aromatic rings. The van der Waals surface area contributed by atoms with Crippen molar-refractivity contribution in [3.05, 3.63) is 30.1 Å². The van der Waals surface area contributed by atoms with Crippen molar-refractivity contribution in [2.75, 3.05) is 6.54 Å². The monoisotopic (exact) mass is 193 g/mol. The van der Waals surface area contributed by atoms with Crippen molar-refractivity contribution in [2.24, 2.45) is 5.73 Å². The van der Waals surface area contributed by atoms with Gasteiger partial charge in [-0.3, -0.25) is 0 Å². The summed E-state index contributed by atoms with van der Waals surface area (Å²) in [5.74, 6) is 0. The second-order valence-corrected chi connectivity index (χ2v) is 3.19. The average Bonchev–Trinajstić information content (AvgIpc) is 2.61. The first kappa shape index (κ1) is 9.15. The molecule has 74 valence electrons. The number of hydrogen-bond donors (Lipinski definition) is 2. The standard InChI is InChI=1S/C10H12FN3/c11-9(3-4-12)8-6-14-10-7(8)2-1-5-13-10/h1-2,5-6,9H,3-4,12H2,(H,13,14). The van der Waals surface area contributed by atoms with Crippen LogP contribution in [0.15, 0.2) is 24.5 Å². The molecule has 0 aliphatic rings. The maximum Gasteiger partial charge on any atom is 0.137 e. The van der Waals surface area contributed by atoms with Crippen molar-refractivity contribution in [1.29, 1.82) is 0 Å². The van der Waals surface area contributed by atoms with Gasteiger partial charge in [-0.2, -0.15) is 0 Å². The zero-order valence-electron chi connectivity index (χ0n) is 7.70. The highest BCUT2D eigenvalue weighted by molar-refractivity contribution is 5.79.